The number of hydrogen-bond donors (Lipinski definition) is 0. The van der Waals surface area contributed by atoms with E-state index in [0.717, 1.165) is 4.47 Å². The molecule has 0 aliphatic heterocycles. The van der Waals surface area contributed by atoms with E-state index in [1.165, 1.54) is 19.1 Å². The molecule has 0 fully saturated rings. The number of esters is 1. The number of rotatable bonds is 4. The average molecular weight is 293 g/mol. The van der Waals surface area contributed by atoms with Crippen LogP contribution in [-0.4, -0.2) is 18.5 Å². The van der Waals surface area contributed by atoms with E-state index in [1.54, 1.807) is 12.1 Å². The van der Waals surface area contributed by atoms with Gasteiger partial charge in [-0.15, -0.1) is 0 Å². The van der Waals surface area contributed by atoms with Crippen LogP contribution in [0.25, 0.3) is 0 Å². The highest BCUT2D eigenvalue weighted by molar-refractivity contribution is 9.10. The maximum atomic E-state index is 13.3. The Balaban J connectivity index is 2.72. The minimum Gasteiger partial charge on any atom is -0.462 e. The quantitative estimate of drug-likeness (QED) is 0.797. The number of ether oxygens (including phenoxy) is 1. The molecule has 0 N–H and O–H groups in total. The van der Waals surface area contributed by atoms with Crippen LogP contribution in [0, 0.1) is 0 Å². The van der Waals surface area contributed by atoms with Gasteiger partial charge in [0.15, 0.2) is 0 Å². The largest absolute Gasteiger partial charge is 0.462 e. The second-order valence-corrected chi connectivity index (χ2v) is 4.14. The molecule has 88 valence electrons. The molecule has 0 aliphatic rings. The lowest BCUT2D eigenvalue weighted by Crippen LogP contribution is -2.33. The number of carbonyl (C=O) groups excluding carboxylic acids is 1. The SMILES string of the molecule is CCOC(=O)C(F)(F)Cc1ccc(Br)cc1. The molecule has 1 aromatic rings. The fourth-order valence-corrected chi connectivity index (χ4v) is 1.43. The topological polar surface area (TPSA) is 26.3 Å². The van der Waals surface area contributed by atoms with Crippen LogP contribution < -0.4 is 0 Å². The Bertz CT molecular complexity index is 363. The monoisotopic (exact) mass is 292 g/mol. The van der Waals surface area contributed by atoms with Gasteiger partial charge in [0.1, 0.15) is 0 Å². The highest BCUT2D eigenvalue weighted by Crippen LogP contribution is 2.22. The summed E-state index contributed by atoms with van der Waals surface area (Å²) in [4.78, 5) is 11.0. The van der Waals surface area contributed by atoms with E-state index in [2.05, 4.69) is 20.7 Å². The van der Waals surface area contributed by atoms with E-state index in [9.17, 15) is 13.6 Å². The predicted molar refractivity (Wildman–Crippen MR) is 59.4 cm³/mol. The molecular weight excluding hydrogens is 282 g/mol. The van der Waals surface area contributed by atoms with Gasteiger partial charge in [0.2, 0.25) is 0 Å². The molecule has 1 rings (SSSR count). The third-order valence-electron chi connectivity index (χ3n) is 1.91. The van der Waals surface area contributed by atoms with Crippen molar-refractivity contribution in [3.63, 3.8) is 0 Å². The van der Waals surface area contributed by atoms with Crippen LogP contribution in [0.4, 0.5) is 8.78 Å². The van der Waals surface area contributed by atoms with Crippen molar-refractivity contribution < 1.29 is 18.3 Å². The maximum Gasteiger partial charge on any atom is 0.377 e. The van der Waals surface area contributed by atoms with E-state index >= 15 is 0 Å². The van der Waals surface area contributed by atoms with Gasteiger partial charge in [0.05, 0.1) is 6.61 Å². The molecule has 0 aromatic heterocycles. The van der Waals surface area contributed by atoms with E-state index in [0.29, 0.717) is 5.56 Å². The fourth-order valence-electron chi connectivity index (χ4n) is 1.17. The van der Waals surface area contributed by atoms with Crippen LogP contribution in [0.15, 0.2) is 28.7 Å². The van der Waals surface area contributed by atoms with Gasteiger partial charge < -0.3 is 4.74 Å². The van der Waals surface area contributed by atoms with Crippen LogP contribution in [0.1, 0.15) is 12.5 Å². The summed E-state index contributed by atoms with van der Waals surface area (Å²) in [5, 5.41) is 0. The van der Waals surface area contributed by atoms with Gasteiger partial charge in [0.25, 0.3) is 0 Å². The molecule has 0 bridgehead atoms. The van der Waals surface area contributed by atoms with Crippen molar-refractivity contribution >= 4 is 21.9 Å². The Morgan fingerprint density at radius 3 is 2.44 bits per heavy atom. The standard InChI is InChI=1S/C11H11BrF2O2/c1-2-16-10(15)11(13,14)7-8-3-5-9(12)6-4-8/h3-6H,2,7H2,1H3. The summed E-state index contributed by atoms with van der Waals surface area (Å²) in [5.74, 6) is -4.94. The third kappa shape index (κ3) is 3.56. The summed E-state index contributed by atoms with van der Waals surface area (Å²) < 4.78 is 31.7. The second-order valence-electron chi connectivity index (χ2n) is 3.23. The zero-order chi connectivity index (χ0) is 12.2. The molecular formula is C11H11BrF2O2. The van der Waals surface area contributed by atoms with Crippen molar-refractivity contribution in [1.29, 1.82) is 0 Å². The van der Waals surface area contributed by atoms with Crippen molar-refractivity contribution in [2.75, 3.05) is 6.61 Å². The number of halogens is 3. The highest BCUT2D eigenvalue weighted by atomic mass is 79.9. The predicted octanol–water partition coefficient (Wildman–Crippen LogP) is 3.19. The molecule has 0 atom stereocenters. The van der Waals surface area contributed by atoms with Gasteiger partial charge in [-0.2, -0.15) is 8.78 Å². The first-order chi connectivity index (χ1) is 7.45. The first-order valence-corrected chi connectivity index (χ1v) is 5.54. The minimum atomic E-state index is -3.47. The number of benzene rings is 1. The molecule has 0 radical (unpaired) electrons. The third-order valence-corrected chi connectivity index (χ3v) is 2.44. The zero-order valence-electron chi connectivity index (χ0n) is 8.67. The van der Waals surface area contributed by atoms with E-state index in [-0.39, 0.29) is 6.61 Å². The molecule has 0 saturated heterocycles. The summed E-state index contributed by atoms with van der Waals surface area (Å²) >= 11 is 3.20. The van der Waals surface area contributed by atoms with E-state index < -0.39 is 18.3 Å². The van der Waals surface area contributed by atoms with Gasteiger partial charge in [0, 0.05) is 10.9 Å². The minimum absolute atomic E-state index is 0.0469. The molecule has 0 spiro atoms. The zero-order valence-corrected chi connectivity index (χ0v) is 10.3. The van der Waals surface area contributed by atoms with Gasteiger partial charge in [-0.25, -0.2) is 4.79 Å². The molecule has 0 amide bonds. The number of hydrogen-bond acceptors (Lipinski definition) is 2. The van der Waals surface area contributed by atoms with Crippen molar-refractivity contribution in [3.05, 3.63) is 34.3 Å². The average Bonchev–Trinajstić information content (AvgIpc) is 2.21. The lowest BCUT2D eigenvalue weighted by Gasteiger charge is -2.14. The van der Waals surface area contributed by atoms with Crippen LogP contribution in [-0.2, 0) is 16.0 Å². The molecule has 5 heteroatoms. The van der Waals surface area contributed by atoms with E-state index in [4.69, 9.17) is 0 Å². The summed E-state index contributed by atoms with van der Waals surface area (Å²) in [6.07, 6.45) is -0.640. The lowest BCUT2D eigenvalue weighted by molar-refractivity contribution is -0.171. The van der Waals surface area contributed by atoms with Gasteiger partial charge in [-0.1, -0.05) is 28.1 Å². The summed E-state index contributed by atoms with van der Waals surface area (Å²) in [6.45, 7) is 1.45. The second kappa shape index (κ2) is 5.39. The summed E-state index contributed by atoms with van der Waals surface area (Å²) in [7, 11) is 0. The highest BCUT2D eigenvalue weighted by Gasteiger charge is 2.40. The molecule has 0 aliphatic carbocycles. The molecule has 0 heterocycles. The summed E-state index contributed by atoms with van der Waals surface area (Å²) in [5.41, 5.74) is 0.390. The Labute approximate surface area is 101 Å². The normalized spacial score (nSPS) is 11.2. The van der Waals surface area contributed by atoms with Crippen molar-refractivity contribution in [2.24, 2.45) is 0 Å². The Morgan fingerprint density at radius 2 is 1.94 bits per heavy atom. The molecule has 0 unspecified atom stereocenters. The smallest absolute Gasteiger partial charge is 0.377 e. The first kappa shape index (κ1) is 13.1. The van der Waals surface area contributed by atoms with Gasteiger partial charge in [-0.05, 0) is 24.6 Å². The van der Waals surface area contributed by atoms with Crippen LogP contribution in [0.3, 0.4) is 0 Å². The van der Waals surface area contributed by atoms with Crippen LogP contribution >= 0.6 is 15.9 Å². The number of alkyl halides is 2. The van der Waals surface area contributed by atoms with Gasteiger partial charge in [-0.3, -0.25) is 0 Å². The molecule has 1 aromatic carbocycles. The maximum absolute atomic E-state index is 13.3. The lowest BCUT2D eigenvalue weighted by atomic mass is 10.1. The molecule has 16 heavy (non-hydrogen) atoms. The van der Waals surface area contributed by atoms with Gasteiger partial charge >= 0.3 is 11.9 Å². The van der Waals surface area contributed by atoms with Crippen LogP contribution in [0.5, 0.6) is 0 Å². The Morgan fingerprint density at radius 1 is 1.38 bits per heavy atom. The Hall–Kier alpha value is -0.970. The van der Waals surface area contributed by atoms with Crippen molar-refractivity contribution in [1.82, 2.24) is 0 Å². The molecule has 2 nitrogen and oxygen atoms in total. The van der Waals surface area contributed by atoms with E-state index in [1.807, 2.05) is 0 Å². The first-order valence-electron chi connectivity index (χ1n) is 4.75. The summed E-state index contributed by atoms with van der Waals surface area (Å²) in [6, 6.07) is 6.38. The number of carbonyl (C=O) groups is 1. The Kier molecular flexibility index (Phi) is 4.41. The van der Waals surface area contributed by atoms with Crippen LogP contribution in [0.2, 0.25) is 0 Å². The van der Waals surface area contributed by atoms with Crippen molar-refractivity contribution in [2.45, 2.75) is 19.3 Å². The fraction of sp³-hybridized carbons (Fsp3) is 0.364. The molecule has 0 saturated carbocycles. The van der Waals surface area contributed by atoms with Crippen molar-refractivity contribution in [3.8, 4) is 0 Å².